The molecule has 0 atom stereocenters. The lowest BCUT2D eigenvalue weighted by Gasteiger charge is -1.97. The van der Waals surface area contributed by atoms with Crippen molar-refractivity contribution < 1.29 is 10.0 Å². The molecule has 0 amide bonds. The zero-order valence-electron chi connectivity index (χ0n) is 7.38. The number of hydrogen-bond donors (Lipinski definition) is 2. The molecule has 0 aliphatic heterocycles. The summed E-state index contributed by atoms with van der Waals surface area (Å²) in [6, 6.07) is 3.85. The second-order valence-corrected chi connectivity index (χ2v) is 2.64. The summed E-state index contributed by atoms with van der Waals surface area (Å²) in [5, 5.41) is 19.7. The summed E-state index contributed by atoms with van der Waals surface area (Å²) in [4.78, 5) is 10.1. The first-order valence-corrected chi connectivity index (χ1v) is 3.99. The second kappa shape index (κ2) is 4.38. The number of phenols is 1. The third kappa shape index (κ3) is 2.30. The molecule has 1 aromatic rings. The van der Waals surface area contributed by atoms with Gasteiger partial charge in [0.05, 0.1) is 10.5 Å². The van der Waals surface area contributed by atoms with Crippen molar-refractivity contribution in [2.24, 2.45) is 5.73 Å². The number of nitro groups is 1. The van der Waals surface area contributed by atoms with Gasteiger partial charge in [-0.1, -0.05) is 12.2 Å². The maximum absolute atomic E-state index is 10.6. The van der Waals surface area contributed by atoms with Gasteiger partial charge in [-0.3, -0.25) is 10.1 Å². The van der Waals surface area contributed by atoms with E-state index in [1.165, 1.54) is 24.3 Å². The molecule has 0 aliphatic rings. The first-order chi connectivity index (χ1) is 6.65. The smallest absolute Gasteiger partial charge is 0.276 e. The van der Waals surface area contributed by atoms with Gasteiger partial charge in [-0.2, -0.15) is 0 Å². The molecular formula is C9H10N2O3. The molecule has 5 heteroatoms. The summed E-state index contributed by atoms with van der Waals surface area (Å²) in [6.07, 6.45) is 3.10. The average molecular weight is 194 g/mol. The Balaban J connectivity index is 3.15. The first kappa shape index (κ1) is 10.2. The molecule has 5 nitrogen and oxygen atoms in total. The van der Waals surface area contributed by atoms with Crippen LogP contribution in [-0.4, -0.2) is 16.6 Å². The largest absolute Gasteiger partial charge is 0.508 e. The molecule has 0 saturated heterocycles. The van der Waals surface area contributed by atoms with E-state index < -0.39 is 4.92 Å². The van der Waals surface area contributed by atoms with Crippen molar-refractivity contribution in [1.82, 2.24) is 0 Å². The molecule has 1 aromatic carbocycles. The van der Waals surface area contributed by atoms with Crippen LogP contribution >= 0.6 is 0 Å². The molecule has 1 rings (SSSR count). The predicted molar refractivity (Wildman–Crippen MR) is 52.8 cm³/mol. The SMILES string of the molecule is NC/C=C/c1cc(O)ccc1[N+](=O)[O-]. The molecule has 14 heavy (non-hydrogen) atoms. The minimum atomic E-state index is -0.504. The highest BCUT2D eigenvalue weighted by atomic mass is 16.6. The Morgan fingerprint density at radius 2 is 2.29 bits per heavy atom. The van der Waals surface area contributed by atoms with Gasteiger partial charge >= 0.3 is 0 Å². The minimum Gasteiger partial charge on any atom is -0.508 e. The van der Waals surface area contributed by atoms with Gasteiger partial charge in [0.15, 0.2) is 0 Å². The summed E-state index contributed by atoms with van der Waals surface area (Å²) >= 11 is 0. The van der Waals surface area contributed by atoms with E-state index in [2.05, 4.69) is 0 Å². The normalized spacial score (nSPS) is 10.6. The number of phenolic OH excluding ortho intramolecular Hbond substituents is 1. The van der Waals surface area contributed by atoms with Crippen LogP contribution in [0.3, 0.4) is 0 Å². The minimum absolute atomic E-state index is 0.00716. The Labute approximate surface area is 80.6 Å². The summed E-state index contributed by atoms with van der Waals surface area (Å²) in [7, 11) is 0. The molecule has 74 valence electrons. The van der Waals surface area contributed by atoms with Gasteiger partial charge < -0.3 is 10.8 Å². The fourth-order valence-electron chi connectivity index (χ4n) is 1.04. The van der Waals surface area contributed by atoms with Crippen molar-refractivity contribution in [2.75, 3.05) is 6.54 Å². The maximum Gasteiger partial charge on any atom is 0.276 e. The standard InChI is InChI=1S/C9H10N2O3/c10-5-1-2-7-6-8(12)3-4-9(7)11(13)14/h1-4,6,12H,5,10H2/b2-1+. The summed E-state index contributed by atoms with van der Waals surface area (Å²) < 4.78 is 0. The fourth-order valence-corrected chi connectivity index (χ4v) is 1.04. The fraction of sp³-hybridized carbons (Fsp3) is 0.111. The number of benzene rings is 1. The van der Waals surface area contributed by atoms with E-state index in [9.17, 15) is 10.1 Å². The molecular weight excluding hydrogens is 184 g/mol. The Morgan fingerprint density at radius 1 is 1.57 bits per heavy atom. The van der Waals surface area contributed by atoms with Crippen molar-refractivity contribution in [1.29, 1.82) is 0 Å². The number of nitro benzene ring substituents is 1. The highest BCUT2D eigenvalue weighted by molar-refractivity contribution is 5.62. The Kier molecular flexibility index (Phi) is 3.19. The lowest BCUT2D eigenvalue weighted by atomic mass is 10.1. The Hall–Kier alpha value is -1.88. The lowest BCUT2D eigenvalue weighted by Crippen LogP contribution is -1.94. The molecule has 0 fully saturated rings. The third-order valence-electron chi connectivity index (χ3n) is 1.64. The van der Waals surface area contributed by atoms with Crippen LogP contribution in [0.1, 0.15) is 5.56 Å². The van der Waals surface area contributed by atoms with Crippen LogP contribution < -0.4 is 5.73 Å². The maximum atomic E-state index is 10.6. The van der Waals surface area contributed by atoms with Crippen LogP contribution in [0.15, 0.2) is 24.3 Å². The number of nitrogens with two attached hydrogens (primary N) is 1. The van der Waals surface area contributed by atoms with Gasteiger partial charge in [0, 0.05) is 12.6 Å². The average Bonchev–Trinajstić information content (AvgIpc) is 2.14. The molecule has 0 spiro atoms. The molecule has 0 aromatic heterocycles. The quantitative estimate of drug-likeness (QED) is 0.560. The van der Waals surface area contributed by atoms with Crippen LogP contribution in [-0.2, 0) is 0 Å². The van der Waals surface area contributed by atoms with E-state index in [0.717, 1.165) is 0 Å². The highest BCUT2D eigenvalue weighted by Crippen LogP contribution is 2.24. The van der Waals surface area contributed by atoms with Gasteiger partial charge in [-0.15, -0.1) is 0 Å². The highest BCUT2D eigenvalue weighted by Gasteiger charge is 2.10. The van der Waals surface area contributed by atoms with Crippen LogP contribution in [0.4, 0.5) is 5.69 Å². The zero-order valence-corrected chi connectivity index (χ0v) is 7.38. The molecule has 0 heterocycles. The van der Waals surface area contributed by atoms with Crippen LogP contribution in [0.2, 0.25) is 0 Å². The zero-order chi connectivity index (χ0) is 10.6. The summed E-state index contributed by atoms with van der Waals surface area (Å²) in [6.45, 7) is 0.298. The van der Waals surface area contributed by atoms with Crippen LogP contribution in [0, 0.1) is 10.1 Å². The van der Waals surface area contributed by atoms with Gasteiger partial charge in [0.25, 0.3) is 5.69 Å². The number of rotatable bonds is 3. The van der Waals surface area contributed by atoms with Crippen molar-refractivity contribution in [3.05, 3.63) is 40.0 Å². The molecule has 3 N–H and O–H groups in total. The van der Waals surface area contributed by atoms with Crippen molar-refractivity contribution >= 4 is 11.8 Å². The lowest BCUT2D eigenvalue weighted by molar-refractivity contribution is -0.385. The van der Waals surface area contributed by atoms with Crippen molar-refractivity contribution in [3.8, 4) is 5.75 Å². The van der Waals surface area contributed by atoms with E-state index in [-0.39, 0.29) is 11.4 Å². The Bertz CT molecular complexity index is 374. The number of aromatic hydroxyl groups is 1. The topological polar surface area (TPSA) is 89.4 Å². The molecule has 0 unspecified atom stereocenters. The van der Waals surface area contributed by atoms with E-state index >= 15 is 0 Å². The van der Waals surface area contributed by atoms with Crippen molar-refractivity contribution in [3.63, 3.8) is 0 Å². The molecule has 0 bridgehead atoms. The Morgan fingerprint density at radius 3 is 2.86 bits per heavy atom. The number of nitrogens with zero attached hydrogens (tertiary/aromatic N) is 1. The first-order valence-electron chi connectivity index (χ1n) is 3.99. The molecule has 0 saturated carbocycles. The van der Waals surface area contributed by atoms with Gasteiger partial charge in [-0.25, -0.2) is 0 Å². The molecule has 0 radical (unpaired) electrons. The second-order valence-electron chi connectivity index (χ2n) is 2.64. The van der Waals surface area contributed by atoms with E-state index in [4.69, 9.17) is 10.8 Å². The van der Waals surface area contributed by atoms with Crippen LogP contribution in [0.25, 0.3) is 6.08 Å². The van der Waals surface area contributed by atoms with E-state index in [1.807, 2.05) is 0 Å². The summed E-state index contributed by atoms with van der Waals surface area (Å²) in [5.41, 5.74) is 5.52. The van der Waals surface area contributed by atoms with Crippen LogP contribution in [0.5, 0.6) is 5.75 Å². The van der Waals surface area contributed by atoms with Crippen molar-refractivity contribution in [2.45, 2.75) is 0 Å². The monoisotopic (exact) mass is 194 g/mol. The third-order valence-corrected chi connectivity index (χ3v) is 1.64. The van der Waals surface area contributed by atoms with Gasteiger partial charge in [0.2, 0.25) is 0 Å². The van der Waals surface area contributed by atoms with E-state index in [0.29, 0.717) is 12.1 Å². The number of hydrogen-bond acceptors (Lipinski definition) is 4. The van der Waals surface area contributed by atoms with Gasteiger partial charge in [0.1, 0.15) is 5.75 Å². The molecule has 0 aliphatic carbocycles. The predicted octanol–water partition coefficient (Wildman–Crippen LogP) is 1.27. The summed E-state index contributed by atoms with van der Waals surface area (Å²) in [5.74, 6) is -0.00716. The van der Waals surface area contributed by atoms with E-state index in [1.54, 1.807) is 6.08 Å². The van der Waals surface area contributed by atoms with Gasteiger partial charge in [-0.05, 0) is 12.1 Å².